The normalized spacial score (nSPS) is 37.4. The van der Waals surface area contributed by atoms with Crippen molar-refractivity contribution in [3.05, 3.63) is 12.0 Å². The second-order valence-corrected chi connectivity index (χ2v) is 4.74. The standard InChI is InChI=1S/C11H12F3NO6/c12-4-2-15(6(18)1-5(4)17)9-7(19)8(20)11(3-16,21-9)10(13)14/h2,7-10,16,19-20H,1,3H2/t7-,8-,9+,11+/m0/s1. The second kappa shape index (κ2) is 5.37. The van der Waals surface area contributed by atoms with Gasteiger partial charge in [0.2, 0.25) is 11.7 Å². The molecular formula is C11H12F3NO6. The lowest BCUT2D eigenvalue weighted by Crippen LogP contribution is -2.52. The zero-order chi connectivity index (χ0) is 15.9. The average Bonchev–Trinajstić information content (AvgIpc) is 2.68. The fourth-order valence-electron chi connectivity index (χ4n) is 2.21. The number of hydrogen-bond acceptors (Lipinski definition) is 6. The summed E-state index contributed by atoms with van der Waals surface area (Å²) < 4.78 is 44.0. The summed E-state index contributed by atoms with van der Waals surface area (Å²) in [5.74, 6) is -3.38. The van der Waals surface area contributed by atoms with Crippen LogP contribution in [0.25, 0.3) is 0 Å². The number of aliphatic hydroxyl groups is 3. The van der Waals surface area contributed by atoms with Gasteiger partial charge in [-0.1, -0.05) is 0 Å². The van der Waals surface area contributed by atoms with E-state index >= 15 is 0 Å². The van der Waals surface area contributed by atoms with Gasteiger partial charge in [0.15, 0.2) is 17.7 Å². The molecule has 3 N–H and O–H groups in total. The minimum Gasteiger partial charge on any atom is -0.393 e. The summed E-state index contributed by atoms with van der Waals surface area (Å²) in [5, 5.41) is 28.4. The molecule has 0 aromatic carbocycles. The Kier molecular flexibility index (Phi) is 4.06. The van der Waals surface area contributed by atoms with E-state index in [1.807, 2.05) is 0 Å². The van der Waals surface area contributed by atoms with E-state index in [9.17, 15) is 33.0 Å². The fourth-order valence-corrected chi connectivity index (χ4v) is 2.21. The van der Waals surface area contributed by atoms with Crippen LogP contribution in [0.4, 0.5) is 13.2 Å². The number of alkyl halides is 2. The number of nitrogens with zero attached hydrogens (tertiary/aromatic N) is 1. The molecule has 0 saturated carbocycles. The minimum atomic E-state index is -3.37. The number of halogens is 3. The largest absolute Gasteiger partial charge is 0.393 e. The van der Waals surface area contributed by atoms with Gasteiger partial charge in [-0.2, -0.15) is 0 Å². The Morgan fingerprint density at radius 3 is 2.52 bits per heavy atom. The van der Waals surface area contributed by atoms with Gasteiger partial charge in [0.05, 0.1) is 13.0 Å². The van der Waals surface area contributed by atoms with Crippen LogP contribution < -0.4 is 0 Å². The average molecular weight is 311 g/mol. The molecule has 21 heavy (non-hydrogen) atoms. The molecule has 1 amide bonds. The van der Waals surface area contributed by atoms with Crippen LogP contribution in [-0.4, -0.2) is 69.0 Å². The molecule has 0 bridgehead atoms. The van der Waals surface area contributed by atoms with E-state index in [2.05, 4.69) is 0 Å². The molecular weight excluding hydrogens is 299 g/mol. The molecule has 2 heterocycles. The maximum absolute atomic E-state index is 13.2. The van der Waals surface area contributed by atoms with Gasteiger partial charge in [0.25, 0.3) is 6.43 Å². The molecule has 2 aliphatic rings. The van der Waals surface area contributed by atoms with E-state index in [-0.39, 0.29) is 0 Å². The Balaban J connectivity index is 2.34. The summed E-state index contributed by atoms with van der Waals surface area (Å²) in [6.07, 6.45) is -9.86. The first kappa shape index (κ1) is 15.9. The van der Waals surface area contributed by atoms with E-state index in [0.29, 0.717) is 11.1 Å². The van der Waals surface area contributed by atoms with Crippen molar-refractivity contribution in [2.24, 2.45) is 0 Å². The summed E-state index contributed by atoms with van der Waals surface area (Å²) in [5.41, 5.74) is -2.80. The summed E-state index contributed by atoms with van der Waals surface area (Å²) in [6, 6.07) is 0. The monoisotopic (exact) mass is 311 g/mol. The zero-order valence-corrected chi connectivity index (χ0v) is 10.4. The Morgan fingerprint density at radius 1 is 1.43 bits per heavy atom. The van der Waals surface area contributed by atoms with Crippen molar-refractivity contribution in [3.8, 4) is 0 Å². The Bertz CT molecular complexity index is 498. The van der Waals surface area contributed by atoms with Gasteiger partial charge in [-0.25, -0.2) is 13.2 Å². The number of amides is 1. The Hall–Kier alpha value is -1.49. The Labute approximate surface area is 116 Å². The predicted octanol–water partition coefficient (Wildman–Crippen LogP) is -1.33. The highest BCUT2D eigenvalue weighted by atomic mass is 19.3. The zero-order valence-electron chi connectivity index (χ0n) is 10.4. The lowest BCUT2D eigenvalue weighted by molar-refractivity contribution is -0.202. The first-order valence-corrected chi connectivity index (χ1v) is 5.89. The van der Waals surface area contributed by atoms with Crippen molar-refractivity contribution in [3.63, 3.8) is 0 Å². The summed E-state index contributed by atoms with van der Waals surface area (Å²) >= 11 is 0. The number of hydrogen-bond donors (Lipinski definition) is 3. The predicted molar refractivity (Wildman–Crippen MR) is 58.4 cm³/mol. The SMILES string of the molecule is O=C1CC(=O)N([C@@H]2O[C@@](CO)(C(F)F)[C@@H](O)[C@@H]2O)C=C1F. The van der Waals surface area contributed by atoms with E-state index in [0.717, 1.165) is 0 Å². The van der Waals surface area contributed by atoms with Gasteiger partial charge in [0.1, 0.15) is 12.2 Å². The van der Waals surface area contributed by atoms with Gasteiger partial charge >= 0.3 is 0 Å². The van der Waals surface area contributed by atoms with Gasteiger partial charge in [0, 0.05) is 6.20 Å². The summed E-state index contributed by atoms with van der Waals surface area (Å²) in [6.45, 7) is -1.33. The minimum absolute atomic E-state index is 0.410. The van der Waals surface area contributed by atoms with Gasteiger partial charge in [-0.15, -0.1) is 0 Å². The first-order valence-electron chi connectivity index (χ1n) is 5.89. The number of rotatable bonds is 3. The molecule has 0 aromatic rings. The highest BCUT2D eigenvalue weighted by Crippen LogP contribution is 2.38. The number of ketones is 1. The van der Waals surface area contributed by atoms with Crippen LogP contribution in [0.15, 0.2) is 12.0 Å². The lowest BCUT2D eigenvalue weighted by atomic mass is 9.96. The van der Waals surface area contributed by atoms with Crippen molar-refractivity contribution in [2.75, 3.05) is 6.61 Å². The van der Waals surface area contributed by atoms with E-state index < -0.39 is 61.0 Å². The maximum Gasteiger partial charge on any atom is 0.272 e. The van der Waals surface area contributed by atoms with Crippen LogP contribution in [0.2, 0.25) is 0 Å². The Morgan fingerprint density at radius 2 is 2.05 bits per heavy atom. The van der Waals surface area contributed by atoms with Crippen LogP contribution >= 0.6 is 0 Å². The number of allylic oxidation sites excluding steroid dienone is 1. The van der Waals surface area contributed by atoms with Crippen LogP contribution in [-0.2, 0) is 14.3 Å². The van der Waals surface area contributed by atoms with Gasteiger partial charge < -0.3 is 20.1 Å². The molecule has 1 saturated heterocycles. The third kappa shape index (κ3) is 2.33. The lowest BCUT2D eigenvalue weighted by Gasteiger charge is -2.31. The molecule has 0 aliphatic carbocycles. The molecule has 0 aromatic heterocycles. The summed E-state index contributed by atoms with van der Waals surface area (Å²) in [7, 11) is 0. The molecule has 0 unspecified atom stereocenters. The topological polar surface area (TPSA) is 107 Å². The molecule has 2 aliphatic heterocycles. The van der Waals surface area contributed by atoms with Crippen molar-refractivity contribution in [1.82, 2.24) is 4.90 Å². The van der Waals surface area contributed by atoms with Crippen molar-refractivity contribution >= 4 is 11.7 Å². The molecule has 0 spiro atoms. The smallest absolute Gasteiger partial charge is 0.272 e. The van der Waals surface area contributed by atoms with Crippen LogP contribution in [0.5, 0.6) is 0 Å². The van der Waals surface area contributed by atoms with E-state index in [1.54, 1.807) is 0 Å². The van der Waals surface area contributed by atoms with Crippen molar-refractivity contribution in [2.45, 2.75) is 36.9 Å². The fraction of sp³-hybridized carbons (Fsp3) is 0.636. The number of ether oxygens (including phenoxy) is 1. The first-order chi connectivity index (χ1) is 9.74. The number of carbonyl (C=O) groups excluding carboxylic acids is 2. The molecule has 2 rings (SSSR count). The molecule has 118 valence electrons. The number of carbonyl (C=O) groups is 2. The van der Waals surface area contributed by atoms with Crippen LogP contribution in [0.3, 0.4) is 0 Å². The summed E-state index contributed by atoms with van der Waals surface area (Å²) in [4.78, 5) is 23.0. The van der Waals surface area contributed by atoms with E-state index in [1.165, 1.54) is 0 Å². The van der Waals surface area contributed by atoms with Crippen LogP contribution in [0.1, 0.15) is 6.42 Å². The third-order valence-corrected chi connectivity index (χ3v) is 3.47. The number of aliphatic hydroxyl groups excluding tert-OH is 3. The number of Topliss-reactive ketones (excluding diaryl/α,β-unsaturated/α-hetero) is 1. The molecule has 10 heteroatoms. The van der Waals surface area contributed by atoms with Gasteiger partial charge in [-0.3, -0.25) is 14.5 Å². The van der Waals surface area contributed by atoms with Crippen molar-refractivity contribution < 1.29 is 42.8 Å². The van der Waals surface area contributed by atoms with E-state index in [4.69, 9.17) is 9.84 Å². The third-order valence-electron chi connectivity index (χ3n) is 3.47. The molecule has 7 nitrogen and oxygen atoms in total. The quantitative estimate of drug-likeness (QED) is 0.558. The van der Waals surface area contributed by atoms with Crippen LogP contribution in [0, 0.1) is 0 Å². The van der Waals surface area contributed by atoms with Crippen molar-refractivity contribution in [1.29, 1.82) is 0 Å². The molecule has 1 fully saturated rings. The van der Waals surface area contributed by atoms with Gasteiger partial charge in [-0.05, 0) is 0 Å². The highest BCUT2D eigenvalue weighted by Gasteiger charge is 2.61. The highest BCUT2D eigenvalue weighted by molar-refractivity contribution is 6.08. The molecule has 4 atom stereocenters. The molecule has 0 radical (unpaired) electrons. The maximum atomic E-state index is 13.2. The second-order valence-electron chi connectivity index (χ2n) is 4.74.